The van der Waals surface area contributed by atoms with Gasteiger partial charge in [0.1, 0.15) is 19.2 Å². The monoisotopic (exact) mass is 437 g/mol. The molecule has 0 saturated carbocycles. The van der Waals surface area contributed by atoms with Gasteiger partial charge < -0.3 is 14.8 Å². The summed E-state index contributed by atoms with van der Waals surface area (Å²) in [5.74, 6) is 0.820. The molecule has 8 heteroatoms. The van der Waals surface area contributed by atoms with Crippen LogP contribution >= 0.6 is 0 Å². The zero-order chi connectivity index (χ0) is 22.8. The van der Waals surface area contributed by atoms with Crippen molar-refractivity contribution in [2.24, 2.45) is 0 Å². The molecule has 1 aliphatic rings. The van der Waals surface area contributed by atoms with Crippen LogP contribution in [0.2, 0.25) is 0 Å². The Bertz CT molecular complexity index is 1230. The van der Waals surface area contributed by atoms with Crippen LogP contribution in [0.5, 0.6) is 0 Å². The highest BCUT2D eigenvalue weighted by molar-refractivity contribution is 6.37. The van der Waals surface area contributed by atoms with E-state index in [-0.39, 0.29) is 0 Å². The Morgan fingerprint density at radius 2 is 1.85 bits per heavy atom. The summed E-state index contributed by atoms with van der Waals surface area (Å²) in [6, 6.07) is 12.6. The van der Waals surface area contributed by atoms with E-state index in [1.54, 1.807) is 6.20 Å². The van der Waals surface area contributed by atoms with Gasteiger partial charge in [0.05, 0.1) is 5.69 Å². The normalized spacial score (nSPS) is 14.9. The second-order valence-corrected chi connectivity index (χ2v) is 8.91. The van der Waals surface area contributed by atoms with Crippen molar-refractivity contribution in [1.29, 1.82) is 0 Å². The molecule has 1 fully saturated rings. The quantitative estimate of drug-likeness (QED) is 0.467. The number of hydrogen-bond acceptors (Lipinski definition) is 6. The third-order valence-electron chi connectivity index (χ3n) is 6.04. The maximum atomic E-state index is 6.42. The lowest BCUT2D eigenvalue weighted by atomic mass is 9.95. The highest BCUT2D eigenvalue weighted by Crippen LogP contribution is 2.27. The standard InChI is InChI=1S/C25H28BN7/c1-31(2)16-18-5-3-7-20(13-18)24-29-22-23(21(26)15-28-25(22)30-24)33-11-9-32(10-12-33)17-19-6-4-8-27-14-19/h3-8,13-15H,9-12,16-17H2,1-2H3,(H,28,29,30). The van der Waals surface area contributed by atoms with Crippen LogP contribution < -0.4 is 10.4 Å². The van der Waals surface area contributed by atoms with E-state index in [0.717, 1.165) is 61.9 Å². The van der Waals surface area contributed by atoms with E-state index in [1.165, 1.54) is 11.1 Å². The van der Waals surface area contributed by atoms with Crippen LogP contribution in [0.1, 0.15) is 11.1 Å². The minimum atomic E-state index is 0.680. The molecule has 0 amide bonds. The first kappa shape index (κ1) is 21.6. The Labute approximate surface area is 195 Å². The topological polar surface area (TPSA) is 64.2 Å². The average molecular weight is 437 g/mol. The summed E-state index contributed by atoms with van der Waals surface area (Å²) in [6.07, 6.45) is 5.49. The molecule has 7 nitrogen and oxygen atoms in total. The van der Waals surface area contributed by atoms with Crippen LogP contribution in [0.4, 0.5) is 5.69 Å². The molecule has 0 spiro atoms. The molecule has 0 atom stereocenters. The minimum absolute atomic E-state index is 0.680. The molecule has 1 N–H and O–H groups in total. The molecular weight excluding hydrogens is 409 g/mol. The van der Waals surface area contributed by atoms with Crippen molar-refractivity contribution >= 4 is 30.2 Å². The van der Waals surface area contributed by atoms with E-state index in [9.17, 15) is 0 Å². The number of pyridine rings is 2. The summed E-state index contributed by atoms with van der Waals surface area (Å²) < 4.78 is 0. The first-order chi connectivity index (χ1) is 16.1. The number of piperazine rings is 1. The Balaban J connectivity index is 1.38. The number of rotatable bonds is 6. The second-order valence-electron chi connectivity index (χ2n) is 8.91. The van der Waals surface area contributed by atoms with E-state index in [1.807, 2.05) is 18.5 Å². The van der Waals surface area contributed by atoms with Gasteiger partial charge in [0.2, 0.25) is 0 Å². The fourth-order valence-electron chi connectivity index (χ4n) is 4.50. The molecule has 1 saturated heterocycles. The fraction of sp³-hybridized carbons (Fsp3) is 0.320. The zero-order valence-corrected chi connectivity index (χ0v) is 19.2. The number of H-pyrrole nitrogens is 1. The smallest absolute Gasteiger partial charge is 0.180 e. The van der Waals surface area contributed by atoms with Crippen molar-refractivity contribution < 1.29 is 0 Å². The molecule has 5 rings (SSSR count). The Hall–Kier alpha value is -3.23. The number of nitrogens with one attached hydrogen (secondary N) is 1. The highest BCUT2D eigenvalue weighted by Gasteiger charge is 2.22. The average Bonchev–Trinajstić information content (AvgIpc) is 3.25. The first-order valence-corrected chi connectivity index (χ1v) is 11.3. The maximum absolute atomic E-state index is 6.42. The van der Waals surface area contributed by atoms with E-state index < -0.39 is 0 Å². The van der Waals surface area contributed by atoms with Gasteiger partial charge in [-0.25, -0.2) is 9.97 Å². The van der Waals surface area contributed by atoms with E-state index in [4.69, 9.17) is 12.8 Å². The molecule has 1 aliphatic heterocycles. The van der Waals surface area contributed by atoms with Crippen LogP contribution in [0.15, 0.2) is 55.0 Å². The summed E-state index contributed by atoms with van der Waals surface area (Å²) in [7, 11) is 10.6. The number of aromatic amines is 1. The highest BCUT2D eigenvalue weighted by atomic mass is 15.3. The van der Waals surface area contributed by atoms with Gasteiger partial charge in [0, 0.05) is 63.4 Å². The fourth-order valence-corrected chi connectivity index (χ4v) is 4.50. The minimum Gasteiger partial charge on any atom is -0.368 e. The molecule has 3 aromatic heterocycles. The Kier molecular flexibility index (Phi) is 6.11. The van der Waals surface area contributed by atoms with Gasteiger partial charge in [0.25, 0.3) is 0 Å². The summed E-state index contributed by atoms with van der Waals surface area (Å²) in [5, 5.41) is 0. The molecule has 166 valence electrons. The molecular formula is C25H28BN7. The second kappa shape index (κ2) is 9.33. The van der Waals surface area contributed by atoms with Crippen molar-refractivity contribution in [2.75, 3.05) is 45.2 Å². The van der Waals surface area contributed by atoms with Crippen LogP contribution in [0.3, 0.4) is 0 Å². The van der Waals surface area contributed by atoms with E-state index in [2.05, 4.69) is 74.1 Å². The molecule has 0 aliphatic carbocycles. The summed E-state index contributed by atoms with van der Waals surface area (Å²) in [5.41, 5.74) is 6.83. The number of imidazole rings is 1. The van der Waals surface area contributed by atoms with Crippen LogP contribution in [0.25, 0.3) is 22.6 Å². The molecule has 4 aromatic rings. The molecule has 0 bridgehead atoms. The predicted octanol–water partition coefficient (Wildman–Crippen LogP) is 2.20. The zero-order valence-electron chi connectivity index (χ0n) is 19.2. The largest absolute Gasteiger partial charge is 0.368 e. The van der Waals surface area contributed by atoms with Crippen molar-refractivity contribution in [3.05, 3.63) is 66.1 Å². The molecule has 1 aromatic carbocycles. The summed E-state index contributed by atoms with van der Waals surface area (Å²) in [4.78, 5) is 24.0. The van der Waals surface area contributed by atoms with Gasteiger partial charge >= 0.3 is 0 Å². The summed E-state index contributed by atoms with van der Waals surface area (Å²) in [6.45, 7) is 5.53. The number of nitrogens with zero attached hydrogens (tertiary/aromatic N) is 6. The Morgan fingerprint density at radius 1 is 1.03 bits per heavy atom. The number of anilines is 1. The van der Waals surface area contributed by atoms with Gasteiger partial charge in [-0.2, -0.15) is 0 Å². The third-order valence-corrected chi connectivity index (χ3v) is 6.04. The molecule has 2 radical (unpaired) electrons. The Morgan fingerprint density at radius 3 is 2.61 bits per heavy atom. The van der Waals surface area contributed by atoms with Crippen molar-refractivity contribution in [3.63, 3.8) is 0 Å². The number of benzene rings is 1. The number of fused-ring (bicyclic) bond motifs is 1. The van der Waals surface area contributed by atoms with E-state index >= 15 is 0 Å². The van der Waals surface area contributed by atoms with Crippen molar-refractivity contribution in [3.8, 4) is 11.4 Å². The van der Waals surface area contributed by atoms with Crippen molar-refractivity contribution in [2.45, 2.75) is 13.1 Å². The lowest BCUT2D eigenvalue weighted by molar-refractivity contribution is 0.250. The van der Waals surface area contributed by atoms with Crippen LogP contribution in [0, 0.1) is 0 Å². The lowest BCUT2D eigenvalue weighted by Gasteiger charge is -2.37. The van der Waals surface area contributed by atoms with Gasteiger partial charge in [0.15, 0.2) is 5.65 Å². The summed E-state index contributed by atoms with van der Waals surface area (Å²) >= 11 is 0. The van der Waals surface area contributed by atoms with Gasteiger partial charge in [-0.1, -0.05) is 29.7 Å². The first-order valence-electron chi connectivity index (χ1n) is 11.3. The van der Waals surface area contributed by atoms with Gasteiger partial charge in [-0.05, 0) is 37.4 Å². The number of aromatic nitrogens is 4. The van der Waals surface area contributed by atoms with Gasteiger partial charge in [-0.15, -0.1) is 0 Å². The molecule has 33 heavy (non-hydrogen) atoms. The molecule has 0 unspecified atom stereocenters. The molecule has 4 heterocycles. The van der Waals surface area contributed by atoms with E-state index in [0.29, 0.717) is 11.1 Å². The lowest BCUT2D eigenvalue weighted by Crippen LogP contribution is -2.47. The van der Waals surface area contributed by atoms with Crippen molar-refractivity contribution in [1.82, 2.24) is 29.7 Å². The number of hydrogen-bond donors (Lipinski definition) is 1. The SMILES string of the molecule is [B]c1cnc2nc(-c3cccc(CN(C)C)c3)[nH]c2c1N1CCN(Cc2cccnc2)CC1. The van der Waals surface area contributed by atoms with Gasteiger partial charge in [-0.3, -0.25) is 9.88 Å². The predicted molar refractivity (Wildman–Crippen MR) is 134 cm³/mol. The maximum Gasteiger partial charge on any atom is 0.180 e. The third kappa shape index (κ3) is 4.77. The van der Waals surface area contributed by atoms with Crippen LogP contribution in [-0.4, -0.2) is 77.9 Å². The van der Waals surface area contributed by atoms with Crippen LogP contribution in [-0.2, 0) is 13.1 Å².